The van der Waals surface area contributed by atoms with E-state index in [1.807, 2.05) is 12.1 Å². The molecule has 28 heavy (non-hydrogen) atoms. The number of rotatable bonds is 7. The molecule has 2 aromatic rings. The summed E-state index contributed by atoms with van der Waals surface area (Å²) in [5, 5.41) is 12.4. The first-order valence-electron chi connectivity index (χ1n) is 10.8. The second kappa shape index (κ2) is 8.20. The Bertz CT molecular complexity index is 817. The molecule has 2 aliphatic carbocycles. The van der Waals surface area contributed by atoms with Crippen molar-refractivity contribution >= 4 is 0 Å². The van der Waals surface area contributed by atoms with Crippen LogP contribution in [0.1, 0.15) is 51.5 Å². The minimum atomic E-state index is 0.496. The van der Waals surface area contributed by atoms with Gasteiger partial charge in [-0.1, -0.05) is 43.2 Å². The van der Waals surface area contributed by atoms with Crippen LogP contribution in [-0.2, 0) is 6.42 Å². The number of benzene rings is 1. The maximum Gasteiger partial charge on any atom is 0.247 e. The molecule has 4 heteroatoms. The van der Waals surface area contributed by atoms with Crippen LogP contribution < -0.4 is 5.32 Å². The Hall–Kier alpha value is -1.94. The van der Waals surface area contributed by atoms with Gasteiger partial charge < -0.3 is 9.73 Å². The van der Waals surface area contributed by atoms with Gasteiger partial charge in [-0.15, -0.1) is 10.2 Å². The largest absolute Gasteiger partial charge is 0.421 e. The molecule has 0 aliphatic heterocycles. The normalized spacial score (nSPS) is 25.2. The van der Waals surface area contributed by atoms with E-state index in [0.29, 0.717) is 29.6 Å². The van der Waals surface area contributed by atoms with Crippen LogP contribution in [-0.4, -0.2) is 22.8 Å². The third-order valence-corrected chi connectivity index (χ3v) is 6.49. The SMILES string of the molecule is CC1=C[C@@H](CNC2CC2)[C@H](C(C)C)C[C@H]1Cc1nnc(-c2ccc(C)cc2)o1. The third-order valence-electron chi connectivity index (χ3n) is 6.49. The van der Waals surface area contributed by atoms with Gasteiger partial charge in [0, 0.05) is 24.6 Å². The van der Waals surface area contributed by atoms with E-state index < -0.39 is 0 Å². The minimum absolute atomic E-state index is 0.496. The average Bonchev–Trinajstić information content (AvgIpc) is 3.39. The summed E-state index contributed by atoms with van der Waals surface area (Å²) in [4.78, 5) is 0. The zero-order valence-electron chi connectivity index (χ0n) is 17.6. The number of hydrogen-bond donors (Lipinski definition) is 1. The Morgan fingerprint density at radius 3 is 2.54 bits per heavy atom. The molecule has 2 aliphatic rings. The van der Waals surface area contributed by atoms with Crippen LogP contribution in [0.15, 0.2) is 40.3 Å². The van der Waals surface area contributed by atoms with Crippen LogP contribution in [0, 0.1) is 30.6 Å². The highest BCUT2D eigenvalue weighted by Crippen LogP contribution is 2.39. The van der Waals surface area contributed by atoms with Crippen molar-refractivity contribution < 1.29 is 4.42 Å². The summed E-state index contributed by atoms with van der Waals surface area (Å²) in [6.45, 7) is 10.2. The van der Waals surface area contributed by atoms with Crippen molar-refractivity contribution in [3.8, 4) is 11.5 Å². The van der Waals surface area contributed by atoms with E-state index in [1.54, 1.807) is 0 Å². The molecule has 150 valence electrons. The van der Waals surface area contributed by atoms with Gasteiger partial charge in [0.05, 0.1) is 0 Å². The van der Waals surface area contributed by atoms with Crippen LogP contribution in [0.5, 0.6) is 0 Å². The monoisotopic (exact) mass is 379 g/mol. The summed E-state index contributed by atoms with van der Waals surface area (Å²) in [7, 11) is 0. The molecule has 0 amide bonds. The summed E-state index contributed by atoms with van der Waals surface area (Å²) in [6.07, 6.45) is 7.27. The Labute approximate surface area is 168 Å². The van der Waals surface area contributed by atoms with Gasteiger partial charge in [0.15, 0.2) is 0 Å². The topological polar surface area (TPSA) is 51.0 Å². The number of nitrogens with zero attached hydrogens (tertiary/aromatic N) is 2. The maximum atomic E-state index is 6.01. The van der Waals surface area contributed by atoms with Gasteiger partial charge in [-0.05, 0) is 68.9 Å². The molecule has 0 spiro atoms. The van der Waals surface area contributed by atoms with E-state index in [1.165, 1.54) is 30.4 Å². The fourth-order valence-corrected chi connectivity index (χ4v) is 4.46. The van der Waals surface area contributed by atoms with Crippen molar-refractivity contribution in [1.82, 2.24) is 15.5 Å². The van der Waals surface area contributed by atoms with Crippen LogP contribution in [0.4, 0.5) is 0 Å². The zero-order valence-corrected chi connectivity index (χ0v) is 17.6. The van der Waals surface area contributed by atoms with E-state index in [4.69, 9.17) is 4.42 Å². The van der Waals surface area contributed by atoms with E-state index in [9.17, 15) is 0 Å². The summed E-state index contributed by atoms with van der Waals surface area (Å²) < 4.78 is 6.01. The van der Waals surface area contributed by atoms with E-state index in [2.05, 4.69) is 61.4 Å². The molecule has 3 atom stereocenters. The quantitative estimate of drug-likeness (QED) is 0.672. The predicted octanol–water partition coefficient (Wildman–Crippen LogP) is 5.19. The molecule has 1 heterocycles. The number of nitrogens with one attached hydrogen (secondary N) is 1. The fourth-order valence-electron chi connectivity index (χ4n) is 4.46. The molecule has 4 nitrogen and oxygen atoms in total. The molecule has 0 unspecified atom stereocenters. The van der Waals surface area contributed by atoms with Gasteiger partial charge in [0.1, 0.15) is 0 Å². The second-order valence-electron chi connectivity index (χ2n) is 9.17. The first-order valence-corrected chi connectivity index (χ1v) is 10.8. The summed E-state index contributed by atoms with van der Waals surface area (Å²) in [5.74, 6) is 3.91. The lowest BCUT2D eigenvalue weighted by molar-refractivity contribution is 0.218. The minimum Gasteiger partial charge on any atom is -0.421 e. The molecular weight excluding hydrogens is 346 g/mol. The van der Waals surface area contributed by atoms with Gasteiger partial charge >= 0.3 is 0 Å². The lowest BCUT2D eigenvalue weighted by Gasteiger charge is -2.37. The highest BCUT2D eigenvalue weighted by atomic mass is 16.4. The Balaban J connectivity index is 1.45. The first kappa shape index (κ1) is 19.4. The third kappa shape index (κ3) is 4.54. The van der Waals surface area contributed by atoms with Gasteiger partial charge in [-0.25, -0.2) is 0 Å². The van der Waals surface area contributed by atoms with Gasteiger partial charge in [-0.3, -0.25) is 0 Å². The first-order chi connectivity index (χ1) is 13.5. The second-order valence-corrected chi connectivity index (χ2v) is 9.17. The highest BCUT2D eigenvalue weighted by Gasteiger charge is 2.33. The lowest BCUT2D eigenvalue weighted by Crippen LogP contribution is -2.35. The fraction of sp³-hybridized carbons (Fsp3) is 0.583. The van der Waals surface area contributed by atoms with Crippen molar-refractivity contribution in [3.63, 3.8) is 0 Å². The van der Waals surface area contributed by atoms with Crippen LogP contribution in [0.25, 0.3) is 11.5 Å². The number of aryl methyl sites for hydroxylation is 1. The molecule has 1 fully saturated rings. The highest BCUT2D eigenvalue weighted by molar-refractivity contribution is 5.52. The average molecular weight is 380 g/mol. The van der Waals surface area contributed by atoms with Gasteiger partial charge in [0.2, 0.25) is 11.8 Å². The summed E-state index contributed by atoms with van der Waals surface area (Å²) in [6, 6.07) is 9.03. The van der Waals surface area contributed by atoms with E-state index in [0.717, 1.165) is 30.5 Å². The van der Waals surface area contributed by atoms with Gasteiger partial charge in [-0.2, -0.15) is 0 Å². The van der Waals surface area contributed by atoms with Crippen LogP contribution in [0.2, 0.25) is 0 Å². The Morgan fingerprint density at radius 2 is 1.86 bits per heavy atom. The van der Waals surface area contributed by atoms with Gasteiger partial charge in [0.25, 0.3) is 0 Å². The maximum absolute atomic E-state index is 6.01. The summed E-state index contributed by atoms with van der Waals surface area (Å²) >= 11 is 0. The molecular formula is C24H33N3O. The Kier molecular flexibility index (Phi) is 5.68. The van der Waals surface area contributed by atoms with Crippen LogP contribution in [0.3, 0.4) is 0 Å². The van der Waals surface area contributed by atoms with Crippen molar-refractivity contribution in [3.05, 3.63) is 47.4 Å². The molecule has 1 aromatic heterocycles. The molecule has 0 bridgehead atoms. The van der Waals surface area contributed by atoms with Crippen molar-refractivity contribution in [2.24, 2.45) is 23.7 Å². The van der Waals surface area contributed by atoms with Crippen molar-refractivity contribution in [1.29, 1.82) is 0 Å². The smallest absolute Gasteiger partial charge is 0.247 e. The summed E-state index contributed by atoms with van der Waals surface area (Å²) in [5.41, 5.74) is 3.71. The number of hydrogen-bond acceptors (Lipinski definition) is 4. The van der Waals surface area contributed by atoms with Crippen molar-refractivity contribution in [2.45, 2.75) is 59.4 Å². The van der Waals surface area contributed by atoms with E-state index in [-0.39, 0.29) is 0 Å². The number of allylic oxidation sites excluding steroid dienone is 1. The number of aromatic nitrogens is 2. The van der Waals surface area contributed by atoms with E-state index >= 15 is 0 Å². The van der Waals surface area contributed by atoms with Crippen molar-refractivity contribution in [2.75, 3.05) is 6.54 Å². The predicted molar refractivity (Wildman–Crippen MR) is 113 cm³/mol. The standard InChI is InChI=1S/C24H33N3O/c1-15(2)22-12-19(17(4)11-20(22)14-25-21-9-10-21)13-23-26-27-24(28-23)18-7-5-16(3)6-8-18/h5-8,11,15,19-22,25H,9-10,12-14H2,1-4H3/t19-,20-,22-/m0/s1. The lowest BCUT2D eigenvalue weighted by atomic mass is 9.70. The molecule has 1 N–H and O–H groups in total. The molecule has 1 saturated carbocycles. The van der Waals surface area contributed by atoms with Crippen LogP contribution >= 0.6 is 0 Å². The zero-order chi connectivity index (χ0) is 19.7. The molecule has 0 saturated heterocycles. The molecule has 1 aromatic carbocycles. The molecule has 0 radical (unpaired) electrons. The Morgan fingerprint density at radius 1 is 1.11 bits per heavy atom. The molecule has 4 rings (SSSR count).